The Kier molecular flexibility index (Phi) is 8.34. The van der Waals surface area contributed by atoms with Gasteiger partial charge in [0.25, 0.3) is 5.91 Å². The van der Waals surface area contributed by atoms with Crippen molar-refractivity contribution in [1.29, 1.82) is 5.26 Å². The molecule has 15 heteroatoms. The Hall–Kier alpha value is -5.26. The lowest BCUT2D eigenvalue weighted by molar-refractivity contribution is -0.137. The molecule has 9 nitrogen and oxygen atoms in total. The van der Waals surface area contributed by atoms with Gasteiger partial charge in [-0.3, -0.25) is 14.8 Å². The number of methoxy groups -OCH3 is 1. The predicted octanol–water partition coefficient (Wildman–Crippen LogP) is 5.33. The first-order valence-corrected chi connectivity index (χ1v) is 13.0. The summed E-state index contributed by atoms with van der Waals surface area (Å²) in [7, 11) is 1.20. The number of fused-ring (bicyclic) bond motifs is 1. The lowest BCUT2D eigenvalue weighted by atomic mass is 10.0. The standard InChI is InChI=1S/C29H21F6N7O2/c1-44-28-39-25-20(14-38-24(23(25)32)19-12-16(30)5-6-21(19)29(33,34)35)26(40-28)41-10-11-42(18(15-41)7-8-36)27(43)22(31)13-17-4-2-3-9-37-17/h2-6,9,12-14,18H,7,10-11,15H2,1H3/b22-13-. The van der Waals surface area contributed by atoms with Crippen molar-refractivity contribution in [3.63, 3.8) is 0 Å². The number of anilines is 1. The molecular weight excluding hydrogens is 592 g/mol. The number of pyridine rings is 2. The van der Waals surface area contributed by atoms with E-state index in [0.29, 0.717) is 18.2 Å². The van der Waals surface area contributed by atoms with Crippen LogP contribution in [0.15, 0.2) is 54.6 Å². The molecule has 0 aliphatic carbocycles. The Balaban J connectivity index is 1.53. The Morgan fingerprint density at radius 2 is 1.95 bits per heavy atom. The van der Waals surface area contributed by atoms with Gasteiger partial charge in [0.05, 0.1) is 42.3 Å². The first-order valence-electron chi connectivity index (χ1n) is 13.0. The maximum Gasteiger partial charge on any atom is 0.417 e. The van der Waals surface area contributed by atoms with Crippen LogP contribution in [0.1, 0.15) is 17.7 Å². The minimum atomic E-state index is -4.93. The van der Waals surface area contributed by atoms with Crippen molar-refractivity contribution in [1.82, 2.24) is 24.8 Å². The van der Waals surface area contributed by atoms with Crippen molar-refractivity contribution in [2.45, 2.75) is 18.6 Å². The van der Waals surface area contributed by atoms with Gasteiger partial charge in [0.15, 0.2) is 11.6 Å². The van der Waals surface area contributed by atoms with E-state index in [1.807, 2.05) is 6.07 Å². The number of carbonyl (C=O) groups excluding carboxylic acids is 1. The quantitative estimate of drug-likeness (QED) is 0.212. The fourth-order valence-corrected chi connectivity index (χ4v) is 4.89. The summed E-state index contributed by atoms with van der Waals surface area (Å²) >= 11 is 0. The molecule has 3 aromatic heterocycles. The minimum Gasteiger partial charge on any atom is -0.467 e. The molecule has 1 amide bonds. The van der Waals surface area contributed by atoms with Gasteiger partial charge in [-0.15, -0.1) is 0 Å². The summed E-state index contributed by atoms with van der Waals surface area (Å²) in [6.45, 7) is -0.0586. The van der Waals surface area contributed by atoms with Crippen LogP contribution in [-0.4, -0.2) is 63.5 Å². The van der Waals surface area contributed by atoms with Crippen LogP contribution in [0.3, 0.4) is 0 Å². The number of carbonyl (C=O) groups is 1. The molecule has 4 heterocycles. The minimum absolute atomic E-state index is 0.0197. The number of aromatic nitrogens is 4. The number of piperazine rings is 1. The molecule has 226 valence electrons. The summed E-state index contributed by atoms with van der Waals surface area (Å²) < 4.78 is 90.9. The van der Waals surface area contributed by atoms with Crippen molar-refractivity contribution in [3.05, 3.63) is 77.5 Å². The number of halogens is 6. The third kappa shape index (κ3) is 5.96. The van der Waals surface area contributed by atoms with Crippen molar-refractivity contribution in [2.24, 2.45) is 0 Å². The van der Waals surface area contributed by atoms with Gasteiger partial charge in [-0.1, -0.05) is 6.07 Å². The molecule has 1 atom stereocenters. The molecular formula is C29H21F6N7O2. The van der Waals surface area contributed by atoms with Crippen LogP contribution in [0, 0.1) is 23.0 Å². The van der Waals surface area contributed by atoms with Crippen LogP contribution in [-0.2, 0) is 11.0 Å². The van der Waals surface area contributed by atoms with Crippen LogP contribution in [0.4, 0.5) is 32.2 Å². The van der Waals surface area contributed by atoms with Gasteiger partial charge >= 0.3 is 12.2 Å². The van der Waals surface area contributed by atoms with E-state index in [-0.39, 0.29) is 49.0 Å². The number of nitriles is 1. The number of alkyl halides is 3. The monoisotopic (exact) mass is 613 g/mol. The summed E-state index contributed by atoms with van der Waals surface area (Å²) in [6, 6.07) is 7.23. The summed E-state index contributed by atoms with van der Waals surface area (Å²) in [5, 5.41) is 9.42. The van der Waals surface area contributed by atoms with Gasteiger partial charge in [0.1, 0.15) is 22.8 Å². The summed E-state index contributed by atoms with van der Waals surface area (Å²) in [5.41, 5.74) is -3.13. The van der Waals surface area contributed by atoms with Crippen LogP contribution in [0.5, 0.6) is 6.01 Å². The SMILES string of the molecule is COc1nc(N2CCN(C(=O)/C(F)=C/c3ccccn3)C(CC#N)C2)c2cnc(-c3cc(F)ccc3C(F)(F)F)c(F)c2n1. The van der Waals surface area contributed by atoms with Gasteiger partial charge in [0, 0.05) is 43.7 Å². The fraction of sp³-hybridized carbons (Fsp3) is 0.241. The van der Waals surface area contributed by atoms with Crippen molar-refractivity contribution in [2.75, 3.05) is 31.6 Å². The van der Waals surface area contributed by atoms with Crippen molar-refractivity contribution in [3.8, 4) is 23.3 Å². The fourth-order valence-electron chi connectivity index (χ4n) is 4.89. The number of hydrogen-bond acceptors (Lipinski definition) is 8. The summed E-state index contributed by atoms with van der Waals surface area (Å²) in [4.78, 5) is 31.9. The highest BCUT2D eigenvalue weighted by atomic mass is 19.4. The van der Waals surface area contributed by atoms with Gasteiger partial charge in [-0.2, -0.15) is 28.4 Å². The largest absolute Gasteiger partial charge is 0.467 e. The Morgan fingerprint density at radius 3 is 2.64 bits per heavy atom. The van der Waals surface area contributed by atoms with E-state index in [9.17, 15) is 32.0 Å². The van der Waals surface area contributed by atoms with E-state index in [4.69, 9.17) is 4.74 Å². The maximum absolute atomic E-state index is 15.9. The highest BCUT2D eigenvalue weighted by molar-refractivity contribution is 5.96. The summed E-state index contributed by atoms with van der Waals surface area (Å²) in [5.74, 6) is -4.28. The molecule has 0 bridgehead atoms. The second-order valence-corrected chi connectivity index (χ2v) is 9.61. The predicted molar refractivity (Wildman–Crippen MR) is 146 cm³/mol. The molecule has 1 unspecified atom stereocenters. The van der Waals surface area contributed by atoms with E-state index < -0.39 is 57.9 Å². The molecule has 4 aromatic rings. The van der Waals surface area contributed by atoms with Gasteiger partial charge in [-0.25, -0.2) is 13.2 Å². The molecule has 0 N–H and O–H groups in total. The normalized spacial score (nSPS) is 15.8. The first kappa shape index (κ1) is 30.2. The van der Waals surface area contributed by atoms with E-state index >= 15 is 4.39 Å². The molecule has 1 saturated heterocycles. The molecule has 1 fully saturated rings. The highest BCUT2D eigenvalue weighted by Crippen LogP contribution is 2.39. The molecule has 0 radical (unpaired) electrons. The summed E-state index contributed by atoms with van der Waals surface area (Å²) in [6.07, 6.45) is -1.64. The zero-order chi connectivity index (χ0) is 31.6. The van der Waals surface area contributed by atoms with Crippen LogP contribution < -0.4 is 9.64 Å². The van der Waals surface area contributed by atoms with E-state index in [2.05, 4.69) is 19.9 Å². The van der Waals surface area contributed by atoms with Crippen LogP contribution >= 0.6 is 0 Å². The number of hydrogen-bond donors (Lipinski definition) is 0. The van der Waals surface area contributed by atoms with Crippen molar-refractivity contribution >= 4 is 28.7 Å². The van der Waals surface area contributed by atoms with Crippen molar-refractivity contribution < 1.29 is 35.9 Å². The van der Waals surface area contributed by atoms with Gasteiger partial charge in [0.2, 0.25) is 0 Å². The van der Waals surface area contributed by atoms with Gasteiger partial charge in [-0.05, 0) is 30.3 Å². The van der Waals surface area contributed by atoms with Crippen LogP contribution in [0.2, 0.25) is 0 Å². The Bertz CT molecular complexity index is 1790. The first-order chi connectivity index (χ1) is 21.0. The smallest absolute Gasteiger partial charge is 0.417 e. The second-order valence-electron chi connectivity index (χ2n) is 9.61. The third-order valence-corrected chi connectivity index (χ3v) is 6.91. The molecule has 1 aromatic carbocycles. The highest BCUT2D eigenvalue weighted by Gasteiger charge is 2.36. The van der Waals surface area contributed by atoms with E-state index in [1.54, 1.807) is 17.0 Å². The number of rotatable bonds is 6. The van der Waals surface area contributed by atoms with Gasteiger partial charge < -0.3 is 14.5 Å². The number of ether oxygens (including phenoxy) is 1. The molecule has 1 aliphatic rings. The average molecular weight is 614 g/mol. The molecule has 44 heavy (non-hydrogen) atoms. The second kappa shape index (κ2) is 12.2. The average Bonchev–Trinajstić information content (AvgIpc) is 3.00. The lowest BCUT2D eigenvalue weighted by Crippen LogP contribution is -2.55. The maximum atomic E-state index is 15.9. The lowest BCUT2D eigenvalue weighted by Gasteiger charge is -2.41. The van der Waals surface area contributed by atoms with E-state index in [1.165, 1.54) is 24.3 Å². The Morgan fingerprint density at radius 1 is 1.16 bits per heavy atom. The van der Waals surface area contributed by atoms with Crippen LogP contribution in [0.25, 0.3) is 28.2 Å². The molecule has 0 saturated carbocycles. The number of nitrogens with zero attached hydrogens (tertiary/aromatic N) is 7. The topological polar surface area (TPSA) is 108 Å². The van der Waals surface area contributed by atoms with E-state index in [0.717, 1.165) is 12.3 Å². The Labute approximate surface area is 246 Å². The molecule has 1 aliphatic heterocycles. The zero-order valence-corrected chi connectivity index (χ0v) is 22.8. The molecule has 0 spiro atoms. The molecule has 5 rings (SSSR count). The number of benzene rings is 1. The number of amides is 1. The third-order valence-electron chi connectivity index (χ3n) is 6.91. The zero-order valence-electron chi connectivity index (χ0n) is 22.8.